The molecule has 0 aromatic rings. The second-order valence-electron chi connectivity index (χ2n) is 7.45. The Kier molecular flexibility index (Phi) is 2.73. The van der Waals surface area contributed by atoms with Crippen LogP contribution in [0.15, 0.2) is 23.0 Å². The number of allylic oxidation sites excluding steroid dienone is 3. The molecule has 2 saturated carbocycles. The minimum absolute atomic E-state index is 0.133. The van der Waals surface area contributed by atoms with Crippen LogP contribution in [0.2, 0.25) is 0 Å². The molecule has 6 atom stereocenters. The van der Waals surface area contributed by atoms with Crippen LogP contribution in [0.5, 0.6) is 0 Å². The molecule has 0 spiro atoms. The lowest BCUT2D eigenvalue weighted by molar-refractivity contribution is -0.0473. The van der Waals surface area contributed by atoms with Crippen LogP contribution in [0.4, 0.5) is 0 Å². The SMILES string of the molecule is [3H]C1C[C@]2(CC)[C@@H](O)CC[C@H]2[C@@H]2CCC3=C(CC=C(O)C3)[C@@]12[3H]. The maximum absolute atomic E-state index is 10.6. The van der Waals surface area contributed by atoms with Gasteiger partial charge in [-0.05, 0) is 80.6 Å². The third-order valence-electron chi connectivity index (χ3n) is 6.87. The molecule has 0 bridgehead atoms. The zero-order valence-corrected chi connectivity index (χ0v) is 12.9. The molecule has 4 aliphatic carbocycles. The van der Waals surface area contributed by atoms with Crippen LogP contribution in [-0.2, 0) is 0 Å². The van der Waals surface area contributed by atoms with Crippen LogP contribution in [0.3, 0.4) is 0 Å². The van der Waals surface area contributed by atoms with Crippen molar-refractivity contribution in [1.29, 1.82) is 0 Å². The van der Waals surface area contributed by atoms with Gasteiger partial charge in [0.1, 0.15) is 0 Å². The number of rotatable bonds is 1. The number of aliphatic hydroxyl groups is 2. The summed E-state index contributed by atoms with van der Waals surface area (Å²) in [5.41, 5.74) is 2.21. The normalized spacial score (nSPS) is 54.1. The molecule has 4 aliphatic rings. The second-order valence-corrected chi connectivity index (χ2v) is 7.45. The first-order chi connectivity index (χ1) is 10.9. The van der Waals surface area contributed by atoms with Gasteiger partial charge in [0.25, 0.3) is 0 Å². The Labute approximate surface area is 130 Å². The molecule has 4 rings (SSSR count). The number of fused-ring (bicyclic) bond motifs is 4. The summed E-state index contributed by atoms with van der Waals surface area (Å²) < 4.78 is 18.1. The molecule has 0 heterocycles. The Morgan fingerprint density at radius 2 is 2.29 bits per heavy atom. The summed E-state index contributed by atoms with van der Waals surface area (Å²) in [7, 11) is 0. The van der Waals surface area contributed by atoms with Gasteiger partial charge < -0.3 is 10.2 Å². The van der Waals surface area contributed by atoms with Gasteiger partial charge in [-0.3, -0.25) is 0 Å². The first-order valence-electron chi connectivity index (χ1n) is 9.71. The van der Waals surface area contributed by atoms with Crippen LogP contribution in [0.1, 0.15) is 67.4 Å². The Bertz CT molecular complexity index is 584. The first-order valence-corrected chi connectivity index (χ1v) is 8.63. The highest BCUT2D eigenvalue weighted by Crippen LogP contribution is 2.62. The Morgan fingerprint density at radius 1 is 1.43 bits per heavy atom. The van der Waals surface area contributed by atoms with Crippen molar-refractivity contribution >= 4 is 0 Å². The molecule has 0 radical (unpaired) electrons. The van der Waals surface area contributed by atoms with Crippen LogP contribution in [0, 0.1) is 23.1 Å². The Hall–Kier alpha value is -0.760. The highest BCUT2D eigenvalue weighted by Gasteiger charge is 2.56. The minimum atomic E-state index is -0.807. The van der Waals surface area contributed by atoms with Crippen molar-refractivity contribution < 1.29 is 13.0 Å². The quantitative estimate of drug-likeness (QED) is 0.698. The van der Waals surface area contributed by atoms with E-state index in [9.17, 15) is 11.6 Å². The molecule has 0 amide bonds. The largest absolute Gasteiger partial charge is 0.512 e. The standard InChI is InChI=1S/C19H28O2/c1-2-19-10-9-15-14-6-4-13(20)11-12(14)3-5-16(15)17(19)7-8-18(19)21/h4,15-18,20-21H,2-3,5-11H2,1H3/t15-,16-,17+,18+,19+/m1/s1/i9T,15T/t9?,15-,16-,17+,18+,19+. The van der Waals surface area contributed by atoms with Gasteiger partial charge >= 0.3 is 0 Å². The summed E-state index contributed by atoms with van der Waals surface area (Å²) in [6, 6.07) is 0. The van der Waals surface area contributed by atoms with E-state index in [-0.39, 0.29) is 17.4 Å². The molecule has 1 unspecified atom stereocenters. The zero-order chi connectivity index (χ0) is 16.4. The highest BCUT2D eigenvalue weighted by molar-refractivity contribution is 5.32. The van der Waals surface area contributed by atoms with E-state index in [4.69, 9.17) is 1.37 Å². The molecule has 0 aromatic heterocycles. The topological polar surface area (TPSA) is 40.5 Å². The van der Waals surface area contributed by atoms with Crippen LogP contribution in [0.25, 0.3) is 0 Å². The van der Waals surface area contributed by atoms with Crippen molar-refractivity contribution in [3.63, 3.8) is 0 Å². The fourth-order valence-corrected chi connectivity index (χ4v) is 5.72. The van der Waals surface area contributed by atoms with Gasteiger partial charge in [0.15, 0.2) is 0 Å². The van der Waals surface area contributed by atoms with E-state index in [1.165, 1.54) is 5.57 Å². The first kappa shape index (κ1) is 11.8. The Balaban J connectivity index is 1.77. The van der Waals surface area contributed by atoms with Crippen molar-refractivity contribution in [3.05, 3.63) is 23.0 Å². The third kappa shape index (κ3) is 1.87. The molecule has 21 heavy (non-hydrogen) atoms. The van der Waals surface area contributed by atoms with E-state index in [1.54, 1.807) is 0 Å². The maximum Gasteiger partial charge on any atom is 0.0926 e. The summed E-state index contributed by atoms with van der Waals surface area (Å²) in [4.78, 5) is 0. The lowest BCUT2D eigenvalue weighted by Gasteiger charge is -2.52. The minimum Gasteiger partial charge on any atom is -0.512 e. The molecule has 2 nitrogen and oxygen atoms in total. The zero-order valence-electron chi connectivity index (χ0n) is 14.9. The van der Waals surface area contributed by atoms with E-state index in [0.717, 1.165) is 37.7 Å². The van der Waals surface area contributed by atoms with Crippen molar-refractivity contribution in [1.82, 2.24) is 0 Å². The number of hydrogen-bond acceptors (Lipinski definition) is 2. The van der Waals surface area contributed by atoms with E-state index < -0.39 is 12.3 Å². The lowest BCUT2D eigenvalue weighted by atomic mass is 9.53. The molecule has 2 fully saturated rings. The van der Waals surface area contributed by atoms with Gasteiger partial charge in [-0.1, -0.05) is 18.1 Å². The summed E-state index contributed by atoms with van der Waals surface area (Å²) in [6.07, 6.45) is 7.65. The molecule has 2 heteroatoms. The van der Waals surface area contributed by atoms with Gasteiger partial charge in [0.05, 0.1) is 11.9 Å². The highest BCUT2D eigenvalue weighted by atomic mass is 16.3. The molecule has 0 aromatic carbocycles. The molecule has 2 N–H and O–H groups in total. The van der Waals surface area contributed by atoms with Crippen LogP contribution in [-0.4, -0.2) is 16.3 Å². The molecule has 0 saturated heterocycles. The average molecular weight is 292 g/mol. The van der Waals surface area contributed by atoms with Crippen molar-refractivity contribution in [2.24, 2.45) is 23.1 Å². The van der Waals surface area contributed by atoms with Gasteiger partial charge in [-0.2, -0.15) is 0 Å². The fraction of sp³-hybridized carbons (Fsp3) is 0.789. The second kappa shape index (κ2) is 4.87. The monoisotopic (exact) mass is 292 g/mol. The predicted octanol–water partition coefficient (Wildman–Crippen LogP) is 4.51. The van der Waals surface area contributed by atoms with E-state index in [0.29, 0.717) is 30.9 Å². The van der Waals surface area contributed by atoms with Crippen LogP contribution >= 0.6 is 0 Å². The summed E-state index contributed by atoms with van der Waals surface area (Å²) in [6.45, 7) is 2.15. The molecular formula is C19H28O2. The lowest BCUT2D eigenvalue weighted by Crippen LogP contribution is -2.46. The number of hydrogen-bond donors (Lipinski definition) is 2. The molecular weight excluding hydrogens is 260 g/mol. The predicted molar refractivity (Wildman–Crippen MR) is 83.9 cm³/mol. The van der Waals surface area contributed by atoms with Crippen LogP contribution < -0.4 is 0 Å². The fourth-order valence-electron chi connectivity index (χ4n) is 5.72. The van der Waals surface area contributed by atoms with Crippen molar-refractivity contribution in [3.8, 4) is 0 Å². The smallest absolute Gasteiger partial charge is 0.0926 e. The van der Waals surface area contributed by atoms with Gasteiger partial charge in [-0.15, -0.1) is 0 Å². The van der Waals surface area contributed by atoms with E-state index in [1.807, 2.05) is 6.08 Å². The number of aliphatic hydroxyl groups excluding tert-OH is 2. The van der Waals surface area contributed by atoms with E-state index in [2.05, 4.69) is 6.92 Å². The summed E-state index contributed by atoms with van der Waals surface area (Å²) in [5, 5.41) is 20.5. The summed E-state index contributed by atoms with van der Waals surface area (Å²) >= 11 is 0. The van der Waals surface area contributed by atoms with Gasteiger partial charge in [0, 0.05) is 9.16 Å². The van der Waals surface area contributed by atoms with Gasteiger partial charge in [-0.25, -0.2) is 0 Å². The maximum atomic E-state index is 10.6. The van der Waals surface area contributed by atoms with Gasteiger partial charge in [0.2, 0.25) is 0 Å². The molecule has 0 aliphatic heterocycles. The average Bonchev–Trinajstić information content (AvgIpc) is 2.85. The molecule has 116 valence electrons. The van der Waals surface area contributed by atoms with Crippen molar-refractivity contribution in [2.75, 3.05) is 0 Å². The van der Waals surface area contributed by atoms with E-state index >= 15 is 0 Å². The third-order valence-corrected chi connectivity index (χ3v) is 6.87. The summed E-state index contributed by atoms with van der Waals surface area (Å²) in [5.74, 6) is 0.207. The van der Waals surface area contributed by atoms with Crippen molar-refractivity contribution in [2.45, 2.75) is 70.8 Å². The Morgan fingerprint density at radius 3 is 3.10 bits per heavy atom.